The molecule has 0 heterocycles. The van der Waals surface area contributed by atoms with Crippen LogP contribution in [-0.4, -0.2) is 47.8 Å². The second-order valence-electron chi connectivity index (χ2n) is 13.5. The molecule has 42 heavy (non-hydrogen) atoms. The molecule has 0 saturated heterocycles. The molecular weight excluding hydrogens is 536 g/mol. The van der Waals surface area contributed by atoms with Crippen LogP contribution < -0.4 is 0 Å². The number of esters is 4. The van der Waals surface area contributed by atoms with Gasteiger partial charge in [0.15, 0.2) is 5.41 Å². The predicted molar refractivity (Wildman–Crippen MR) is 166 cm³/mol. The smallest absolute Gasteiger partial charge is 0.324 e. The first-order valence-corrected chi connectivity index (χ1v) is 16.3. The SMILES string of the molecule is CCCCCC(CCCC(CCCCCC(CCC)C(=O)OCC)(C(=O)OC(C)(C)C)C(=O)OC(C)(C)C)OC(C)=O. The van der Waals surface area contributed by atoms with E-state index in [4.69, 9.17) is 18.9 Å². The summed E-state index contributed by atoms with van der Waals surface area (Å²) in [7, 11) is 0. The third-order valence-corrected chi connectivity index (χ3v) is 7.08. The van der Waals surface area contributed by atoms with Crippen LogP contribution in [0.3, 0.4) is 0 Å². The van der Waals surface area contributed by atoms with Gasteiger partial charge in [-0.25, -0.2) is 0 Å². The summed E-state index contributed by atoms with van der Waals surface area (Å²) in [5, 5.41) is 0. The van der Waals surface area contributed by atoms with Crippen LogP contribution in [0.4, 0.5) is 0 Å². The van der Waals surface area contributed by atoms with Gasteiger partial charge in [0.1, 0.15) is 17.3 Å². The molecule has 246 valence electrons. The molecule has 0 radical (unpaired) electrons. The van der Waals surface area contributed by atoms with Crippen LogP contribution >= 0.6 is 0 Å². The Hall–Kier alpha value is -2.12. The molecular formula is C34H62O8. The Morgan fingerprint density at radius 2 is 1.14 bits per heavy atom. The molecule has 8 heteroatoms. The van der Waals surface area contributed by atoms with Gasteiger partial charge in [0.2, 0.25) is 0 Å². The number of rotatable bonds is 21. The predicted octanol–water partition coefficient (Wildman–Crippen LogP) is 8.27. The van der Waals surface area contributed by atoms with Gasteiger partial charge in [-0.05, 0) is 99.8 Å². The van der Waals surface area contributed by atoms with Crippen molar-refractivity contribution in [2.45, 2.75) is 176 Å². The van der Waals surface area contributed by atoms with E-state index in [1.165, 1.54) is 6.92 Å². The largest absolute Gasteiger partial charge is 0.466 e. The maximum atomic E-state index is 13.8. The van der Waals surface area contributed by atoms with Gasteiger partial charge < -0.3 is 18.9 Å². The Balaban J connectivity index is 5.91. The number of ether oxygens (including phenoxy) is 4. The van der Waals surface area contributed by atoms with Crippen molar-refractivity contribution in [3.05, 3.63) is 0 Å². The Labute approximate surface area is 256 Å². The molecule has 0 saturated carbocycles. The molecule has 0 bridgehead atoms. The molecule has 0 rings (SSSR count). The molecule has 0 aliphatic heterocycles. The molecule has 0 N–H and O–H groups in total. The number of hydrogen-bond donors (Lipinski definition) is 0. The molecule has 0 amide bonds. The Bertz CT molecular complexity index is 777. The molecule has 0 spiro atoms. The zero-order chi connectivity index (χ0) is 32.4. The fraction of sp³-hybridized carbons (Fsp3) is 0.882. The monoisotopic (exact) mass is 598 g/mol. The highest BCUT2D eigenvalue weighted by atomic mass is 16.6. The van der Waals surface area contributed by atoms with Crippen LogP contribution in [0.1, 0.15) is 159 Å². The van der Waals surface area contributed by atoms with Crippen LogP contribution in [0.25, 0.3) is 0 Å². The first kappa shape index (κ1) is 39.9. The van der Waals surface area contributed by atoms with E-state index in [1.54, 1.807) is 41.5 Å². The zero-order valence-electron chi connectivity index (χ0n) is 28.5. The summed E-state index contributed by atoms with van der Waals surface area (Å²) in [6, 6.07) is 0. The average molecular weight is 599 g/mol. The highest BCUT2D eigenvalue weighted by molar-refractivity contribution is 6.00. The summed E-state index contributed by atoms with van der Waals surface area (Å²) >= 11 is 0. The van der Waals surface area contributed by atoms with Crippen molar-refractivity contribution in [1.29, 1.82) is 0 Å². The lowest BCUT2D eigenvalue weighted by atomic mass is 9.77. The van der Waals surface area contributed by atoms with Crippen LogP contribution in [0, 0.1) is 11.3 Å². The van der Waals surface area contributed by atoms with Gasteiger partial charge in [0, 0.05) is 6.92 Å². The van der Waals surface area contributed by atoms with Crippen molar-refractivity contribution in [2.24, 2.45) is 11.3 Å². The van der Waals surface area contributed by atoms with E-state index in [0.717, 1.165) is 51.4 Å². The molecule has 0 aliphatic carbocycles. The van der Waals surface area contributed by atoms with Gasteiger partial charge in [-0.15, -0.1) is 0 Å². The fourth-order valence-electron chi connectivity index (χ4n) is 5.10. The third-order valence-electron chi connectivity index (χ3n) is 7.08. The molecule has 0 aromatic heterocycles. The van der Waals surface area contributed by atoms with E-state index in [9.17, 15) is 19.2 Å². The van der Waals surface area contributed by atoms with Gasteiger partial charge in [-0.1, -0.05) is 52.4 Å². The lowest BCUT2D eigenvalue weighted by Crippen LogP contribution is -2.47. The summed E-state index contributed by atoms with van der Waals surface area (Å²) in [4.78, 5) is 51.7. The van der Waals surface area contributed by atoms with Gasteiger partial charge in [0.25, 0.3) is 0 Å². The lowest BCUT2D eigenvalue weighted by molar-refractivity contribution is -0.187. The van der Waals surface area contributed by atoms with E-state index in [0.29, 0.717) is 32.3 Å². The van der Waals surface area contributed by atoms with Crippen molar-refractivity contribution in [3.63, 3.8) is 0 Å². The second-order valence-corrected chi connectivity index (χ2v) is 13.5. The molecule has 8 nitrogen and oxygen atoms in total. The number of hydrogen-bond acceptors (Lipinski definition) is 8. The summed E-state index contributed by atoms with van der Waals surface area (Å²) in [5.74, 6) is -1.77. The number of carbonyl (C=O) groups excluding carboxylic acids is 4. The Morgan fingerprint density at radius 1 is 0.619 bits per heavy atom. The van der Waals surface area contributed by atoms with Crippen molar-refractivity contribution >= 4 is 23.9 Å². The van der Waals surface area contributed by atoms with Crippen molar-refractivity contribution in [2.75, 3.05) is 6.61 Å². The molecule has 0 aromatic carbocycles. The Morgan fingerprint density at radius 3 is 1.62 bits per heavy atom. The maximum absolute atomic E-state index is 13.8. The van der Waals surface area contributed by atoms with Gasteiger partial charge >= 0.3 is 23.9 Å². The van der Waals surface area contributed by atoms with Crippen molar-refractivity contribution in [1.82, 2.24) is 0 Å². The fourth-order valence-corrected chi connectivity index (χ4v) is 5.10. The van der Waals surface area contributed by atoms with E-state index in [-0.39, 0.29) is 36.8 Å². The van der Waals surface area contributed by atoms with E-state index >= 15 is 0 Å². The third kappa shape index (κ3) is 17.1. The minimum absolute atomic E-state index is 0.137. The lowest BCUT2D eigenvalue weighted by Gasteiger charge is -2.35. The van der Waals surface area contributed by atoms with E-state index in [2.05, 4.69) is 13.8 Å². The molecule has 2 atom stereocenters. The minimum atomic E-state index is -1.48. The van der Waals surface area contributed by atoms with E-state index < -0.39 is 28.6 Å². The standard InChI is InChI=1S/C34H62O8/c1-11-14-16-22-28(40-26(4)35)23-19-25-34(30(37)41-32(5,6)7,31(38)42-33(8,9)10)24-18-15-17-21-27(20-12-2)29(36)39-13-3/h27-28H,11-25H2,1-10H3. The molecule has 0 aliphatic rings. The van der Waals surface area contributed by atoms with Crippen molar-refractivity contribution in [3.8, 4) is 0 Å². The van der Waals surface area contributed by atoms with Gasteiger partial charge in [-0.3, -0.25) is 19.2 Å². The van der Waals surface area contributed by atoms with Gasteiger partial charge in [0.05, 0.1) is 12.5 Å². The highest BCUT2D eigenvalue weighted by Gasteiger charge is 2.50. The van der Waals surface area contributed by atoms with Crippen LogP contribution in [0.5, 0.6) is 0 Å². The Kier molecular flexibility index (Phi) is 18.9. The maximum Gasteiger partial charge on any atom is 0.324 e. The van der Waals surface area contributed by atoms with E-state index in [1.807, 2.05) is 6.92 Å². The minimum Gasteiger partial charge on any atom is -0.466 e. The summed E-state index contributed by atoms with van der Waals surface area (Å²) < 4.78 is 22.5. The second kappa shape index (κ2) is 20.0. The zero-order valence-corrected chi connectivity index (χ0v) is 28.5. The van der Waals surface area contributed by atoms with Crippen LogP contribution in [-0.2, 0) is 38.1 Å². The van der Waals surface area contributed by atoms with Crippen molar-refractivity contribution < 1.29 is 38.1 Å². The topological polar surface area (TPSA) is 105 Å². The quantitative estimate of drug-likeness (QED) is 0.0562. The average Bonchev–Trinajstić information content (AvgIpc) is 2.84. The first-order valence-electron chi connectivity index (χ1n) is 16.3. The number of unbranched alkanes of at least 4 members (excludes halogenated alkanes) is 4. The van der Waals surface area contributed by atoms with Crippen LogP contribution in [0.2, 0.25) is 0 Å². The summed E-state index contributed by atoms with van der Waals surface area (Å²) in [6.45, 7) is 18.5. The normalized spacial score (nSPS) is 13.7. The highest BCUT2D eigenvalue weighted by Crippen LogP contribution is 2.38. The molecule has 0 aromatic rings. The van der Waals surface area contributed by atoms with Crippen LogP contribution in [0.15, 0.2) is 0 Å². The molecule has 2 unspecified atom stereocenters. The molecule has 0 fully saturated rings. The summed E-state index contributed by atoms with van der Waals surface area (Å²) in [5.41, 5.74) is -3.04. The summed E-state index contributed by atoms with van der Waals surface area (Å²) in [6.07, 6.45) is 9.64. The first-order chi connectivity index (χ1) is 19.5. The number of carbonyl (C=O) groups is 4. The van der Waals surface area contributed by atoms with Gasteiger partial charge in [-0.2, -0.15) is 0 Å².